The lowest BCUT2D eigenvalue weighted by Gasteiger charge is -2.15. The van der Waals surface area contributed by atoms with E-state index in [2.05, 4.69) is 10.3 Å². The monoisotopic (exact) mass is 300 g/mol. The van der Waals surface area contributed by atoms with Crippen LogP contribution in [0.4, 0.5) is 10.1 Å². The summed E-state index contributed by atoms with van der Waals surface area (Å²) in [5.74, 6) is -0.130. The molecule has 0 atom stereocenters. The summed E-state index contributed by atoms with van der Waals surface area (Å²) in [6.45, 7) is 4.25. The van der Waals surface area contributed by atoms with Gasteiger partial charge in [0.25, 0.3) is 0 Å². The number of hydrogen-bond acceptors (Lipinski definition) is 4. The average molecular weight is 301 g/mol. The third kappa shape index (κ3) is 3.81. The number of halogens is 2. The number of nitrogens with zero attached hydrogens (tertiary/aromatic N) is 1. The summed E-state index contributed by atoms with van der Waals surface area (Å²) in [7, 11) is 0. The Balaban J connectivity index is 2.13. The van der Waals surface area contributed by atoms with Crippen molar-refractivity contribution >= 4 is 28.6 Å². The molecule has 0 fully saturated rings. The van der Waals surface area contributed by atoms with Crippen LogP contribution in [-0.2, 0) is 6.54 Å². The number of thiazole rings is 1. The van der Waals surface area contributed by atoms with Crippen molar-refractivity contribution in [1.29, 1.82) is 0 Å². The number of anilines is 1. The third-order valence-corrected chi connectivity index (χ3v) is 3.41. The molecule has 0 unspecified atom stereocenters. The van der Waals surface area contributed by atoms with Gasteiger partial charge in [-0.1, -0.05) is 17.7 Å². The Bertz CT molecular complexity index is 559. The topological polar surface area (TPSA) is 34.1 Å². The van der Waals surface area contributed by atoms with Gasteiger partial charge in [-0.2, -0.15) is 0 Å². The van der Waals surface area contributed by atoms with Gasteiger partial charge in [-0.15, -0.1) is 11.3 Å². The number of nitrogens with one attached hydrogen (secondary N) is 1. The molecule has 2 rings (SSSR count). The predicted molar refractivity (Wildman–Crippen MR) is 76.6 cm³/mol. The van der Waals surface area contributed by atoms with Crippen LogP contribution in [0.5, 0.6) is 5.75 Å². The van der Waals surface area contributed by atoms with Crippen molar-refractivity contribution in [3.05, 3.63) is 39.6 Å². The number of para-hydroxylation sites is 1. The number of aromatic nitrogens is 1. The first-order valence-electron chi connectivity index (χ1n) is 5.85. The first-order valence-corrected chi connectivity index (χ1v) is 7.05. The molecule has 102 valence electrons. The van der Waals surface area contributed by atoms with Crippen LogP contribution in [0.25, 0.3) is 0 Å². The van der Waals surface area contributed by atoms with Gasteiger partial charge in [-0.3, -0.25) is 0 Å². The lowest BCUT2D eigenvalue weighted by atomic mass is 10.2. The minimum Gasteiger partial charge on any atom is -0.486 e. The fourth-order valence-electron chi connectivity index (χ4n) is 1.55. The maximum atomic E-state index is 13.7. The molecular formula is C13H14ClFN2OS. The number of ether oxygens (including phenoxy) is 1. The summed E-state index contributed by atoms with van der Waals surface area (Å²) in [6.07, 6.45) is 1.61. The summed E-state index contributed by atoms with van der Waals surface area (Å²) >= 11 is 7.15. The van der Waals surface area contributed by atoms with Gasteiger partial charge in [-0.05, 0) is 26.0 Å². The molecule has 0 aliphatic heterocycles. The van der Waals surface area contributed by atoms with Crippen molar-refractivity contribution in [3.63, 3.8) is 0 Å². The molecule has 3 nitrogen and oxygen atoms in total. The van der Waals surface area contributed by atoms with Crippen molar-refractivity contribution in [2.75, 3.05) is 5.32 Å². The molecule has 0 radical (unpaired) electrons. The van der Waals surface area contributed by atoms with Crippen molar-refractivity contribution < 1.29 is 9.13 Å². The Kier molecular flexibility index (Phi) is 4.61. The lowest BCUT2D eigenvalue weighted by Crippen LogP contribution is -2.10. The smallest absolute Gasteiger partial charge is 0.183 e. The summed E-state index contributed by atoms with van der Waals surface area (Å²) in [5.41, 5.74) is 0.623. The van der Waals surface area contributed by atoms with Crippen LogP contribution in [0.1, 0.15) is 18.7 Å². The predicted octanol–water partition coefficient (Wildman–Crippen LogP) is 4.33. The molecule has 0 aliphatic rings. The molecule has 0 bridgehead atoms. The molecule has 19 heavy (non-hydrogen) atoms. The van der Waals surface area contributed by atoms with E-state index in [1.54, 1.807) is 18.3 Å². The van der Waals surface area contributed by atoms with Gasteiger partial charge in [0.2, 0.25) is 0 Å². The molecule has 1 heterocycles. The van der Waals surface area contributed by atoms with Gasteiger partial charge in [0.1, 0.15) is 0 Å². The van der Waals surface area contributed by atoms with Gasteiger partial charge >= 0.3 is 0 Å². The highest BCUT2D eigenvalue weighted by atomic mass is 35.5. The molecule has 0 saturated heterocycles. The fraction of sp³-hybridized carbons (Fsp3) is 0.308. The maximum absolute atomic E-state index is 13.7. The van der Waals surface area contributed by atoms with Crippen molar-refractivity contribution in [3.8, 4) is 5.75 Å². The van der Waals surface area contributed by atoms with E-state index < -0.39 is 0 Å². The second kappa shape index (κ2) is 6.21. The molecule has 2 aromatic rings. The third-order valence-electron chi connectivity index (χ3n) is 2.30. The number of hydrogen-bond donors (Lipinski definition) is 1. The Labute approximate surface area is 120 Å². The molecule has 1 aromatic heterocycles. The van der Waals surface area contributed by atoms with Crippen molar-refractivity contribution in [2.24, 2.45) is 0 Å². The van der Waals surface area contributed by atoms with E-state index in [0.29, 0.717) is 16.7 Å². The molecule has 1 aromatic carbocycles. The summed E-state index contributed by atoms with van der Waals surface area (Å²) < 4.78 is 19.7. The highest BCUT2D eigenvalue weighted by Gasteiger charge is 2.11. The van der Waals surface area contributed by atoms with Gasteiger partial charge in [0.05, 0.1) is 18.3 Å². The average Bonchev–Trinajstić information content (AvgIpc) is 2.75. The molecule has 0 aliphatic carbocycles. The van der Waals surface area contributed by atoms with E-state index in [4.69, 9.17) is 16.3 Å². The van der Waals surface area contributed by atoms with Crippen LogP contribution >= 0.6 is 22.9 Å². The van der Waals surface area contributed by atoms with Gasteiger partial charge in [-0.25, -0.2) is 9.37 Å². The zero-order valence-electron chi connectivity index (χ0n) is 10.6. The zero-order valence-corrected chi connectivity index (χ0v) is 12.2. The second-order valence-corrected chi connectivity index (χ2v) is 5.91. The fourth-order valence-corrected chi connectivity index (χ4v) is 2.47. The highest BCUT2D eigenvalue weighted by Crippen LogP contribution is 2.29. The van der Waals surface area contributed by atoms with Crippen LogP contribution < -0.4 is 10.1 Å². The van der Waals surface area contributed by atoms with E-state index in [9.17, 15) is 4.39 Å². The van der Waals surface area contributed by atoms with Gasteiger partial charge < -0.3 is 10.1 Å². The minimum absolute atomic E-state index is 0.0877. The molecule has 0 spiro atoms. The molecular weight excluding hydrogens is 287 g/mol. The minimum atomic E-state index is -0.374. The zero-order chi connectivity index (χ0) is 13.8. The largest absolute Gasteiger partial charge is 0.486 e. The van der Waals surface area contributed by atoms with Crippen LogP contribution in [0.2, 0.25) is 4.47 Å². The van der Waals surface area contributed by atoms with Crippen molar-refractivity contribution in [2.45, 2.75) is 26.5 Å². The quantitative estimate of drug-likeness (QED) is 0.892. The first-order chi connectivity index (χ1) is 9.06. The second-order valence-electron chi connectivity index (χ2n) is 4.22. The molecule has 6 heteroatoms. The Hall–Kier alpha value is -1.33. The lowest BCUT2D eigenvalue weighted by molar-refractivity contribution is 0.232. The Morgan fingerprint density at radius 3 is 2.89 bits per heavy atom. The molecule has 0 saturated carbocycles. The molecule has 0 amide bonds. The number of rotatable bonds is 5. The van der Waals surface area contributed by atoms with E-state index in [1.807, 2.05) is 13.8 Å². The molecule has 1 N–H and O–H groups in total. The van der Waals surface area contributed by atoms with Gasteiger partial charge in [0.15, 0.2) is 16.0 Å². The van der Waals surface area contributed by atoms with Crippen LogP contribution in [0.15, 0.2) is 24.4 Å². The first kappa shape index (κ1) is 14.1. The van der Waals surface area contributed by atoms with E-state index in [1.165, 1.54) is 17.4 Å². The van der Waals surface area contributed by atoms with Crippen LogP contribution in [-0.4, -0.2) is 11.1 Å². The Morgan fingerprint density at radius 2 is 2.26 bits per heavy atom. The Morgan fingerprint density at radius 1 is 1.47 bits per heavy atom. The number of benzene rings is 1. The normalized spacial score (nSPS) is 10.8. The van der Waals surface area contributed by atoms with Gasteiger partial charge in [0, 0.05) is 11.1 Å². The van der Waals surface area contributed by atoms with E-state index >= 15 is 0 Å². The van der Waals surface area contributed by atoms with E-state index in [0.717, 1.165) is 4.88 Å². The van der Waals surface area contributed by atoms with E-state index in [-0.39, 0.29) is 17.7 Å². The maximum Gasteiger partial charge on any atom is 0.183 e. The highest BCUT2D eigenvalue weighted by molar-refractivity contribution is 7.15. The van der Waals surface area contributed by atoms with Crippen LogP contribution in [0, 0.1) is 5.82 Å². The summed E-state index contributed by atoms with van der Waals surface area (Å²) in [6, 6.07) is 4.81. The van der Waals surface area contributed by atoms with Crippen LogP contribution in [0.3, 0.4) is 0 Å². The standard InChI is InChI=1S/C13H14ClFN2OS/c1-8(2)18-12-10(15)4-3-5-11(12)16-6-9-7-17-13(14)19-9/h3-5,7-8,16H,6H2,1-2H3. The van der Waals surface area contributed by atoms with Crippen molar-refractivity contribution in [1.82, 2.24) is 4.98 Å². The summed E-state index contributed by atoms with van der Waals surface area (Å²) in [5, 5.41) is 3.14. The summed E-state index contributed by atoms with van der Waals surface area (Å²) in [4.78, 5) is 4.93. The SMILES string of the molecule is CC(C)Oc1c(F)cccc1NCc1cnc(Cl)s1.